The van der Waals surface area contributed by atoms with Crippen LogP contribution < -0.4 is 4.90 Å². The standard InChI is InChI=1S/C20H20ClN3/c21-18-8-1-2-9-19(18)24-13-11-23(12-14-24)15-17-6-3-5-16-7-4-10-22-20(16)17/h1-10H,11-15H2. The van der Waals surface area contributed by atoms with Gasteiger partial charge in [-0.15, -0.1) is 0 Å². The highest BCUT2D eigenvalue weighted by Gasteiger charge is 2.19. The van der Waals surface area contributed by atoms with Gasteiger partial charge in [0.2, 0.25) is 0 Å². The predicted molar refractivity (Wildman–Crippen MR) is 101 cm³/mol. The molecule has 1 aromatic heterocycles. The average molecular weight is 338 g/mol. The second-order valence-electron chi connectivity index (χ2n) is 6.21. The van der Waals surface area contributed by atoms with Gasteiger partial charge in [0.15, 0.2) is 0 Å². The van der Waals surface area contributed by atoms with Crippen molar-refractivity contribution in [3.8, 4) is 0 Å². The third kappa shape index (κ3) is 3.10. The molecule has 0 radical (unpaired) electrons. The normalized spacial score (nSPS) is 15.8. The summed E-state index contributed by atoms with van der Waals surface area (Å²) in [5, 5.41) is 2.05. The Bertz CT molecular complexity index is 836. The molecule has 122 valence electrons. The van der Waals surface area contributed by atoms with E-state index in [1.54, 1.807) is 0 Å². The van der Waals surface area contributed by atoms with Crippen LogP contribution in [0.15, 0.2) is 60.8 Å². The van der Waals surface area contributed by atoms with Gasteiger partial charge in [-0.25, -0.2) is 0 Å². The summed E-state index contributed by atoms with van der Waals surface area (Å²) in [7, 11) is 0. The van der Waals surface area contributed by atoms with Crippen LogP contribution in [0, 0.1) is 0 Å². The van der Waals surface area contributed by atoms with Gasteiger partial charge in [0.1, 0.15) is 0 Å². The molecule has 4 heteroatoms. The molecular weight excluding hydrogens is 318 g/mol. The fourth-order valence-corrected chi connectivity index (χ4v) is 3.65. The summed E-state index contributed by atoms with van der Waals surface area (Å²) in [6, 6.07) is 18.7. The highest BCUT2D eigenvalue weighted by Crippen LogP contribution is 2.26. The zero-order valence-corrected chi connectivity index (χ0v) is 14.3. The number of rotatable bonds is 3. The summed E-state index contributed by atoms with van der Waals surface area (Å²) in [5.41, 5.74) is 3.57. The number of hydrogen-bond acceptors (Lipinski definition) is 3. The number of halogens is 1. The Labute approximate surface area is 147 Å². The van der Waals surface area contributed by atoms with Crippen LogP contribution in [-0.4, -0.2) is 36.1 Å². The molecule has 2 heterocycles. The minimum atomic E-state index is 0.837. The molecule has 1 fully saturated rings. The maximum absolute atomic E-state index is 6.33. The zero-order chi connectivity index (χ0) is 16.4. The maximum atomic E-state index is 6.33. The summed E-state index contributed by atoms with van der Waals surface area (Å²) in [6.07, 6.45) is 1.88. The van der Waals surface area contributed by atoms with Crippen molar-refractivity contribution in [3.63, 3.8) is 0 Å². The highest BCUT2D eigenvalue weighted by atomic mass is 35.5. The second kappa shape index (κ2) is 6.80. The highest BCUT2D eigenvalue weighted by molar-refractivity contribution is 6.33. The van der Waals surface area contributed by atoms with Gasteiger partial charge in [-0.05, 0) is 23.8 Å². The molecule has 24 heavy (non-hydrogen) atoms. The van der Waals surface area contributed by atoms with Crippen LogP contribution in [0.5, 0.6) is 0 Å². The molecule has 0 N–H and O–H groups in total. The topological polar surface area (TPSA) is 19.4 Å². The zero-order valence-electron chi connectivity index (χ0n) is 13.5. The minimum Gasteiger partial charge on any atom is -0.368 e. The Morgan fingerprint density at radius 3 is 2.50 bits per heavy atom. The summed E-state index contributed by atoms with van der Waals surface area (Å²) in [5.74, 6) is 0. The molecule has 0 atom stereocenters. The molecule has 0 aliphatic carbocycles. The smallest absolute Gasteiger partial charge is 0.0746 e. The van der Waals surface area contributed by atoms with E-state index in [4.69, 9.17) is 11.6 Å². The molecule has 0 spiro atoms. The first-order chi connectivity index (χ1) is 11.8. The predicted octanol–water partition coefficient (Wildman–Crippen LogP) is 4.21. The lowest BCUT2D eigenvalue weighted by molar-refractivity contribution is 0.250. The van der Waals surface area contributed by atoms with Crippen LogP contribution in [0.4, 0.5) is 5.69 Å². The fourth-order valence-electron chi connectivity index (χ4n) is 3.39. The average Bonchev–Trinajstić information content (AvgIpc) is 2.63. The molecule has 0 saturated carbocycles. The number of nitrogens with zero attached hydrogens (tertiary/aromatic N) is 3. The van der Waals surface area contributed by atoms with Crippen molar-refractivity contribution in [3.05, 3.63) is 71.4 Å². The quantitative estimate of drug-likeness (QED) is 0.713. The Hall–Kier alpha value is -2.10. The van der Waals surface area contributed by atoms with E-state index in [9.17, 15) is 0 Å². The van der Waals surface area contributed by atoms with Gasteiger partial charge < -0.3 is 4.90 Å². The van der Waals surface area contributed by atoms with Crippen LogP contribution in [0.25, 0.3) is 10.9 Å². The Morgan fingerprint density at radius 2 is 1.67 bits per heavy atom. The van der Waals surface area contributed by atoms with Gasteiger partial charge >= 0.3 is 0 Å². The molecule has 3 aromatic rings. The van der Waals surface area contributed by atoms with Crippen molar-refractivity contribution in [2.45, 2.75) is 6.54 Å². The first-order valence-corrected chi connectivity index (χ1v) is 8.73. The van der Waals surface area contributed by atoms with Crippen molar-refractivity contribution >= 4 is 28.2 Å². The van der Waals surface area contributed by atoms with E-state index >= 15 is 0 Å². The second-order valence-corrected chi connectivity index (χ2v) is 6.61. The van der Waals surface area contributed by atoms with E-state index in [2.05, 4.69) is 51.2 Å². The van der Waals surface area contributed by atoms with Gasteiger partial charge in [-0.2, -0.15) is 0 Å². The van der Waals surface area contributed by atoms with Crippen molar-refractivity contribution in [2.75, 3.05) is 31.1 Å². The van der Waals surface area contributed by atoms with Crippen molar-refractivity contribution in [1.29, 1.82) is 0 Å². The lowest BCUT2D eigenvalue weighted by Crippen LogP contribution is -2.46. The maximum Gasteiger partial charge on any atom is 0.0746 e. The van der Waals surface area contributed by atoms with Crippen molar-refractivity contribution in [2.24, 2.45) is 0 Å². The molecule has 4 rings (SSSR count). The first-order valence-electron chi connectivity index (χ1n) is 8.36. The monoisotopic (exact) mass is 337 g/mol. The number of piperazine rings is 1. The van der Waals surface area contributed by atoms with E-state index < -0.39 is 0 Å². The van der Waals surface area contributed by atoms with Crippen LogP contribution >= 0.6 is 11.6 Å². The summed E-state index contributed by atoms with van der Waals surface area (Å²) < 4.78 is 0. The summed E-state index contributed by atoms with van der Waals surface area (Å²) >= 11 is 6.33. The Morgan fingerprint density at radius 1 is 0.875 bits per heavy atom. The molecule has 1 aliphatic rings. The number of fused-ring (bicyclic) bond motifs is 1. The number of benzene rings is 2. The minimum absolute atomic E-state index is 0.837. The summed E-state index contributed by atoms with van der Waals surface area (Å²) in [6.45, 7) is 5.03. The van der Waals surface area contributed by atoms with Crippen LogP contribution in [0.1, 0.15) is 5.56 Å². The van der Waals surface area contributed by atoms with Gasteiger partial charge in [0, 0.05) is 44.3 Å². The van der Waals surface area contributed by atoms with Crippen LogP contribution in [-0.2, 0) is 6.54 Å². The number of aromatic nitrogens is 1. The Kier molecular flexibility index (Phi) is 4.37. The SMILES string of the molecule is Clc1ccccc1N1CCN(Cc2cccc3cccnc23)CC1. The molecule has 2 aromatic carbocycles. The largest absolute Gasteiger partial charge is 0.368 e. The number of anilines is 1. The van der Waals surface area contributed by atoms with E-state index in [1.165, 1.54) is 10.9 Å². The van der Waals surface area contributed by atoms with Crippen molar-refractivity contribution < 1.29 is 0 Å². The molecule has 1 aliphatic heterocycles. The van der Waals surface area contributed by atoms with E-state index in [-0.39, 0.29) is 0 Å². The number of pyridine rings is 1. The van der Waals surface area contributed by atoms with Gasteiger partial charge in [0.05, 0.1) is 16.2 Å². The molecule has 1 saturated heterocycles. The molecule has 3 nitrogen and oxygen atoms in total. The van der Waals surface area contributed by atoms with Gasteiger partial charge in [-0.1, -0.05) is 48.0 Å². The fraction of sp³-hybridized carbons (Fsp3) is 0.250. The van der Waals surface area contributed by atoms with E-state index in [0.717, 1.165) is 49.0 Å². The third-order valence-corrected chi connectivity index (χ3v) is 5.00. The van der Waals surface area contributed by atoms with E-state index in [1.807, 2.05) is 24.4 Å². The van der Waals surface area contributed by atoms with Crippen LogP contribution in [0.2, 0.25) is 5.02 Å². The molecular formula is C20H20ClN3. The summed E-state index contributed by atoms with van der Waals surface area (Å²) in [4.78, 5) is 9.44. The number of para-hydroxylation sites is 2. The van der Waals surface area contributed by atoms with Crippen LogP contribution in [0.3, 0.4) is 0 Å². The first kappa shape index (κ1) is 15.4. The molecule has 0 bridgehead atoms. The Balaban J connectivity index is 1.46. The number of hydrogen-bond donors (Lipinski definition) is 0. The molecule has 0 amide bonds. The molecule has 0 unspecified atom stereocenters. The lowest BCUT2D eigenvalue weighted by Gasteiger charge is -2.36. The van der Waals surface area contributed by atoms with Gasteiger partial charge in [0.25, 0.3) is 0 Å². The van der Waals surface area contributed by atoms with Crippen molar-refractivity contribution in [1.82, 2.24) is 9.88 Å². The lowest BCUT2D eigenvalue weighted by atomic mass is 10.1. The van der Waals surface area contributed by atoms with E-state index in [0.29, 0.717) is 0 Å². The third-order valence-electron chi connectivity index (χ3n) is 4.68. The van der Waals surface area contributed by atoms with Gasteiger partial charge in [-0.3, -0.25) is 9.88 Å².